The highest BCUT2D eigenvalue weighted by Crippen LogP contribution is 2.37. The van der Waals surface area contributed by atoms with Gasteiger partial charge in [0.05, 0.1) is 11.9 Å². The van der Waals surface area contributed by atoms with Crippen LogP contribution in [-0.4, -0.2) is 25.5 Å². The van der Waals surface area contributed by atoms with Gasteiger partial charge in [-0.25, -0.2) is 4.68 Å². The Morgan fingerprint density at radius 1 is 1.22 bits per heavy atom. The average molecular weight is 379 g/mol. The molecule has 3 aromatic heterocycles. The van der Waals surface area contributed by atoms with Gasteiger partial charge in [-0.2, -0.15) is 10.2 Å². The SMILES string of the molecule is Cc1sc2ccccc2c1-c1ccn(CC(=O)Nc2ccnn2C(C)C)n1. The number of anilines is 1. The van der Waals surface area contributed by atoms with Crippen molar-refractivity contribution in [2.45, 2.75) is 33.4 Å². The molecule has 4 aromatic rings. The molecule has 0 unspecified atom stereocenters. The molecule has 3 heterocycles. The third-order valence-electron chi connectivity index (χ3n) is 4.40. The summed E-state index contributed by atoms with van der Waals surface area (Å²) in [4.78, 5) is 13.6. The Bertz CT molecular complexity index is 1100. The maximum absolute atomic E-state index is 12.4. The zero-order valence-corrected chi connectivity index (χ0v) is 16.3. The molecule has 138 valence electrons. The van der Waals surface area contributed by atoms with Crippen molar-refractivity contribution in [3.05, 3.63) is 53.7 Å². The van der Waals surface area contributed by atoms with Crippen LogP contribution in [0.4, 0.5) is 5.82 Å². The molecular formula is C20H21N5OS. The van der Waals surface area contributed by atoms with E-state index < -0.39 is 0 Å². The molecule has 6 nitrogen and oxygen atoms in total. The highest BCUT2D eigenvalue weighted by molar-refractivity contribution is 7.19. The molecule has 0 saturated heterocycles. The zero-order chi connectivity index (χ0) is 19.0. The fraction of sp³-hybridized carbons (Fsp3) is 0.250. The van der Waals surface area contributed by atoms with E-state index >= 15 is 0 Å². The number of fused-ring (bicyclic) bond motifs is 1. The highest BCUT2D eigenvalue weighted by Gasteiger charge is 2.15. The largest absolute Gasteiger partial charge is 0.309 e. The molecule has 0 radical (unpaired) electrons. The molecule has 0 fully saturated rings. The molecule has 0 aliphatic rings. The molecule has 0 aliphatic heterocycles. The lowest BCUT2D eigenvalue weighted by molar-refractivity contribution is -0.116. The molecule has 1 N–H and O–H groups in total. The minimum absolute atomic E-state index is 0.126. The van der Waals surface area contributed by atoms with Gasteiger partial charge in [-0.05, 0) is 32.9 Å². The first-order valence-corrected chi connectivity index (χ1v) is 9.70. The van der Waals surface area contributed by atoms with Gasteiger partial charge in [0, 0.05) is 38.8 Å². The monoisotopic (exact) mass is 379 g/mol. The predicted molar refractivity (Wildman–Crippen MR) is 109 cm³/mol. The van der Waals surface area contributed by atoms with Crippen molar-refractivity contribution >= 4 is 33.1 Å². The van der Waals surface area contributed by atoms with Crippen LogP contribution in [0.3, 0.4) is 0 Å². The summed E-state index contributed by atoms with van der Waals surface area (Å²) in [7, 11) is 0. The van der Waals surface area contributed by atoms with Crippen molar-refractivity contribution in [1.29, 1.82) is 0 Å². The molecule has 0 bridgehead atoms. The minimum atomic E-state index is -0.126. The number of nitrogens with zero attached hydrogens (tertiary/aromatic N) is 4. The van der Waals surface area contributed by atoms with Crippen LogP contribution in [0.1, 0.15) is 24.8 Å². The second-order valence-corrected chi connectivity index (χ2v) is 7.99. The minimum Gasteiger partial charge on any atom is -0.309 e. The molecule has 0 aliphatic carbocycles. The van der Waals surface area contributed by atoms with Crippen molar-refractivity contribution in [3.8, 4) is 11.3 Å². The van der Waals surface area contributed by atoms with Crippen molar-refractivity contribution in [2.75, 3.05) is 5.32 Å². The number of carbonyl (C=O) groups is 1. The quantitative estimate of drug-likeness (QED) is 0.556. The summed E-state index contributed by atoms with van der Waals surface area (Å²) in [5, 5.41) is 13.0. The third kappa shape index (κ3) is 3.38. The summed E-state index contributed by atoms with van der Waals surface area (Å²) < 4.78 is 4.71. The Balaban J connectivity index is 1.53. The van der Waals surface area contributed by atoms with E-state index in [1.165, 1.54) is 15.0 Å². The summed E-state index contributed by atoms with van der Waals surface area (Å²) in [6.45, 7) is 6.31. The standard InChI is InChI=1S/C20H21N5OS/c1-13(2)25-18(8-10-21-25)22-19(26)12-24-11-9-16(23-24)20-14(3)27-17-7-5-4-6-15(17)20/h4-11,13H,12H2,1-3H3,(H,22,26). The summed E-state index contributed by atoms with van der Waals surface area (Å²) in [6, 6.07) is 12.3. The number of rotatable bonds is 5. The fourth-order valence-electron chi connectivity index (χ4n) is 3.22. The van der Waals surface area contributed by atoms with Crippen molar-refractivity contribution in [1.82, 2.24) is 19.6 Å². The van der Waals surface area contributed by atoms with Gasteiger partial charge in [0.15, 0.2) is 0 Å². The first kappa shape index (κ1) is 17.5. The van der Waals surface area contributed by atoms with E-state index in [-0.39, 0.29) is 18.5 Å². The molecule has 4 rings (SSSR count). The van der Waals surface area contributed by atoms with E-state index in [1.807, 2.05) is 38.2 Å². The smallest absolute Gasteiger partial charge is 0.247 e. The van der Waals surface area contributed by atoms with Crippen LogP contribution in [0.25, 0.3) is 21.3 Å². The maximum atomic E-state index is 12.4. The summed E-state index contributed by atoms with van der Waals surface area (Å²) in [5.74, 6) is 0.570. The Labute approximate surface area is 161 Å². The van der Waals surface area contributed by atoms with Gasteiger partial charge in [0.2, 0.25) is 5.91 Å². The Morgan fingerprint density at radius 3 is 2.85 bits per heavy atom. The van der Waals surface area contributed by atoms with Crippen LogP contribution in [0, 0.1) is 6.92 Å². The normalized spacial score (nSPS) is 11.4. The van der Waals surface area contributed by atoms with Crippen molar-refractivity contribution < 1.29 is 4.79 Å². The van der Waals surface area contributed by atoms with E-state index in [2.05, 4.69) is 34.6 Å². The lowest BCUT2D eigenvalue weighted by Crippen LogP contribution is -2.21. The van der Waals surface area contributed by atoms with Crippen LogP contribution >= 0.6 is 11.3 Å². The van der Waals surface area contributed by atoms with Gasteiger partial charge in [0.1, 0.15) is 12.4 Å². The molecule has 0 spiro atoms. The summed E-state index contributed by atoms with van der Waals surface area (Å²) in [6.07, 6.45) is 3.53. The topological polar surface area (TPSA) is 64.7 Å². The molecule has 1 amide bonds. The van der Waals surface area contributed by atoms with E-state index in [0.29, 0.717) is 5.82 Å². The van der Waals surface area contributed by atoms with E-state index in [4.69, 9.17) is 0 Å². The van der Waals surface area contributed by atoms with Crippen LogP contribution in [-0.2, 0) is 11.3 Å². The van der Waals surface area contributed by atoms with Crippen LogP contribution in [0.5, 0.6) is 0 Å². The number of hydrogen-bond acceptors (Lipinski definition) is 4. The predicted octanol–water partition coefficient (Wildman–Crippen LogP) is 4.49. The lowest BCUT2D eigenvalue weighted by atomic mass is 10.1. The van der Waals surface area contributed by atoms with Crippen LogP contribution < -0.4 is 5.32 Å². The third-order valence-corrected chi connectivity index (χ3v) is 5.49. The van der Waals surface area contributed by atoms with E-state index in [1.54, 1.807) is 33.0 Å². The van der Waals surface area contributed by atoms with Gasteiger partial charge in [0.25, 0.3) is 0 Å². The van der Waals surface area contributed by atoms with Crippen LogP contribution in [0.2, 0.25) is 0 Å². The Hall–Kier alpha value is -2.93. The number of aromatic nitrogens is 4. The van der Waals surface area contributed by atoms with Gasteiger partial charge >= 0.3 is 0 Å². The van der Waals surface area contributed by atoms with Crippen LogP contribution in [0.15, 0.2) is 48.8 Å². The Kier molecular flexibility index (Phi) is 4.53. The second kappa shape index (κ2) is 7.00. The van der Waals surface area contributed by atoms with E-state index in [9.17, 15) is 4.79 Å². The first-order valence-electron chi connectivity index (χ1n) is 8.88. The molecular weight excluding hydrogens is 358 g/mol. The molecule has 7 heteroatoms. The molecule has 0 atom stereocenters. The summed E-state index contributed by atoms with van der Waals surface area (Å²) >= 11 is 1.77. The average Bonchev–Trinajstić information content (AvgIpc) is 3.32. The number of carbonyl (C=O) groups excluding carboxylic acids is 1. The first-order chi connectivity index (χ1) is 13.0. The van der Waals surface area contributed by atoms with Crippen molar-refractivity contribution in [2.24, 2.45) is 0 Å². The van der Waals surface area contributed by atoms with Gasteiger partial charge in [-0.15, -0.1) is 11.3 Å². The van der Waals surface area contributed by atoms with Crippen molar-refractivity contribution in [3.63, 3.8) is 0 Å². The zero-order valence-electron chi connectivity index (χ0n) is 15.5. The van der Waals surface area contributed by atoms with E-state index in [0.717, 1.165) is 11.3 Å². The number of benzene rings is 1. The van der Waals surface area contributed by atoms with Gasteiger partial charge in [-0.3, -0.25) is 9.48 Å². The number of nitrogens with one attached hydrogen (secondary N) is 1. The second-order valence-electron chi connectivity index (χ2n) is 6.73. The number of thiophene rings is 1. The summed E-state index contributed by atoms with van der Waals surface area (Å²) in [5.41, 5.74) is 2.04. The lowest BCUT2D eigenvalue weighted by Gasteiger charge is -2.11. The highest BCUT2D eigenvalue weighted by atomic mass is 32.1. The van der Waals surface area contributed by atoms with Gasteiger partial charge in [-0.1, -0.05) is 18.2 Å². The molecule has 0 saturated carbocycles. The molecule has 1 aromatic carbocycles. The number of aryl methyl sites for hydroxylation is 1. The Morgan fingerprint density at radius 2 is 2.04 bits per heavy atom. The number of hydrogen-bond donors (Lipinski definition) is 1. The fourth-order valence-corrected chi connectivity index (χ4v) is 4.30. The number of amides is 1. The van der Waals surface area contributed by atoms with Gasteiger partial charge < -0.3 is 5.32 Å². The maximum Gasteiger partial charge on any atom is 0.247 e. The molecule has 27 heavy (non-hydrogen) atoms.